The van der Waals surface area contributed by atoms with Crippen molar-refractivity contribution in [2.24, 2.45) is 0 Å². The minimum atomic E-state index is -0.0388. The molecule has 0 saturated carbocycles. The molecule has 2 heterocycles. The number of aromatic nitrogens is 2. The molecule has 132 valence electrons. The molecule has 4 aromatic rings. The van der Waals surface area contributed by atoms with E-state index in [1.807, 2.05) is 62.4 Å². The molecule has 0 aliphatic rings. The Morgan fingerprint density at radius 2 is 1.89 bits per heavy atom. The number of aryl methyl sites for hydroxylation is 2. The third kappa shape index (κ3) is 3.05. The van der Waals surface area contributed by atoms with Crippen LogP contribution in [0.25, 0.3) is 21.3 Å². The second-order valence-electron chi connectivity index (χ2n) is 6.44. The molecule has 0 saturated heterocycles. The lowest BCUT2D eigenvalue weighted by Crippen LogP contribution is -2.24. The summed E-state index contributed by atoms with van der Waals surface area (Å²) < 4.78 is 1.69. The van der Waals surface area contributed by atoms with Crippen LogP contribution in [0.2, 0.25) is 0 Å². The summed E-state index contributed by atoms with van der Waals surface area (Å²) in [6.45, 7) is 4.28. The first-order valence-electron chi connectivity index (χ1n) is 8.63. The standard InChI is InChI=1S/C22H17N3OS/c1-14-19(18-9-4-3-5-10-18)20-21(27-14)24-15(2)25(22(20)26)13-17-8-6-7-16(11-17)12-23/h3-11H,13H2,1-2H3. The first-order chi connectivity index (χ1) is 13.1. The van der Waals surface area contributed by atoms with Crippen LogP contribution in [0.15, 0.2) is 59.4 Å². The summed E-state index contributed by atoms with van der Waals surface area (Å²) in [6, 6.07) is 19.4. The summed E-state index contributed by atoms with van der Waals surface area (Å²) in [4.78, 5) is 19.9. The Balaban J connectivity index is 1.92. The second-order valence-corrected chi connectivity index (χ2v) is 7.65. The van der Waals surface area contributed by atoms with E-state index in [0.29, 0.717) is 23.3 Å². The molecular formula is C22H17N3OS. The van der Waals surface area contributed by atoms with Crippen LogP contribution in [0.3, 0.4) is 0 Å². The van der Waals surface area contributed by atoms with Gasteiger partial charge < -0.3 is 0 Å². The monoisotopic (exact) mass is 371 g/mol. The van der Waals surface area contributed by atoms with Crippen molar-refractivity contribution in [2.75, 3.05) is 0 Å². The van der Waals surface area contributed by atoms with Gasteiger partial charge >= 0.3 is 0 Å². The molecule has 0 spiro atoms. The van der Waals surface area contributed by atoms with Gasteiger partial charge in [-0.3, -0.25) is 9.36 Å². The van der Waals surface area contributed by atoms with Gasteiger partial charge in [-0.05, 0) is 37.1 Å². The molecule has 0 N–H and O–H groups in total. The molecule has 27 heavy (non-hydrogen) atoms. The number of nitriles is 1. The third-order valence-electron chi connectivity index (χ3n) is 4.64. The van der Waals surface area contributed by atoms with Crippen molar-refractivity contribution in [3.8, 4) is 17.2 Å². The van der Waals surface area contributed by atoms with Crippen molar-refractivity contribution < 1.29 is 0 Å². The molecule has 0 atom stereocenters. The van der Waals surface area contributed by atoms with Crippen LogP contribution in [-0.4, -0.2) is 9.55 Å². The smallest absolute Gasteiger partial charge is 0.263 e. The van der Waals surface area contributed by atoms with Gasteiger partial charge in [-0.1, -0.05) is 42.5 Å². The number of benzene rings is 2. The van der Waals surface area contributed by atoms with Crippen LogP contribution in [0.4, 0.5) is 0 Å². The molecule has 0 aliphatic heterocycles. The van der Waals surface area contributed by atoms with Crippen LogP contribution in [0.1, 0.15) is 21.8 Å². The van der Waals surface area contributed by atoms with E-state index in [1.54, 1.807) is 22.0 Å². The summed E-state index contributed by atoms with van der Waals surface area (Å²) in [7, 11) is 0. The summed E-state index contributed by atoms with van der Waals surface area (Å²) >= 11 is 1.56. The molecular weight excluding hydrogens is 354 g/mol. The maximum atomic E-state index is 13.4. The number of fused-ring (bicyclic) bond motifs is 1. The average Bonchev–Trinajstić information content (AvgIpc) is 3.01. The van der Waals surface area contributed by atoms with E-state index in [0.717, 1.165) is 26.4 Å². The van der Waals surface area contributed by atoms with Crippen LogP contribution < -0.4 is 5.56 Å². The van der Waals surface area contributed by atoms with E-state index < -0.39 is 0 Å². The number of thiophene rings is 1. The van der Waals surface area contributed by atoms with E-state index >= 15 is 0 Å². The predicted molar refractivity (Wildman–Crippen MR) is 109 cm³/mol. The maximum Gasteiger partial charge on any atom is 0.263 e. The molecule has 0 bridgehead atoms. The molecule has 5 heteroatoms. The van der Waals surface area contributed by atoms with Gasteiger partial charge in [0.1, 0.15) is 10.7 Å². The lowest BCUT2D eigenvalue weighted by molar-refractivity contribution is 0.714. The lowest BCUT2D eigenvalue weighted by atomic mass is 10.0. The van der Waals surface area contributed by atoms with Crippen molar-refractivity contribution in [2.45, 2.75) is 20.4 Å². The van der Waals surface area contributed by atoms with Crippen molar-refractivity contribution >= 4 is 21.6 Å². The molecule has 0 aliphatic carbocycles. The summed E-state index contributed by atoms with van der Waals surface area (Å²) in [5, 5.41) is 9.79. The van der Waals surface area contributed by atoms with E-state index in [9.17, 15) is 4.79 Å². The normalized spacial score (nSPS) is 10.9. The van der Waals surface area contributed by atoms with Gasteiger partial charge in [0.2, 0.25) is 0 Å². The van der Waals surface area contributed by atoms with Crippen LogP contribution >= 0.6 is 11.3 Å². The van der Waals surface area contributed by atoms with Crippen molar-refractivity contribution in [1.29, 1.82) is 5.26 Å². The van der Waals surface area contributed by atoms with Gasteiger partial charge in [0.15, 0.2) is 0 Å². The molecule has 0 amide bonds. The maximum absolute atomic E-state index is 13.4. The van der Waals surface area contributed by atoms with Crippen LogP contribution in [0, 0.1) is 25.2 Å². The second kappa shape index (κ2) is 6.82. The van der Waals surface area contributed by atoms with Gasteiger partial charge in [-0.15, -0.1) is 11.3 Å². The Bertz CT molecular complexity index is 1250. The lowest BCUT2D eigenvalue weighted by Gasteiger charge is -2.10. The van der Waals surface area contributed by atoms with Crippen LogP contribution in [-0.2, 0) is 6.54 Å². The Morgan fingerprint density at radius 1 is 1.11 bits per heavy atom. The van der Waals surface area contributed by atoms with Gasteiger partial charge in [-0.25, -0.2) is 4.98 Å². The van der Waals surface area contributed by atoms with Crippen LogP contribution in [0.5, 0.6) is 0 Å². The third-order valence-corrected chi connectivity index (χ3v) is 5.64. The molecule has 0 unspecified atom stereocenters. The highest BCUT2D eigenvalue weighted by Crippen LogP contribution is 2.35. The van der Waals surface area contributed by atoms with E-state index in [4.69, 9.17) is 10.2 Å². The van der Waals surface area contributed by atoms with Gasteiger partial charge in [0, 0.05) is 10.4 Å². The fourth-order valence-electron chi connectivity index (χ4n) is 3.36. The highest BCUT2D eigenvalue weighted by Gasteiger charge is 2.18. The molecule has 2 aromatic heterocycles. The minimum Gasteiger partial charge on any atom is -0.292 e. The summed E-state index contributed by atoms with van der Waals surface area (Å²) in [5.74, 6) is 0.677. The molecule has 4 nitrogen and oxygen atoms in total. The Kier molecular flexibility index (Phi) is 4.35. The fourth-order valence-corrected chi connectivity index (χ4v) is 4.44. The highest BCUT2D eigenvalue weighted by molar-refractivity contribution is 7.19. The van der Waals surface area contributed by atoms with Crippen molar-refractivity contribution in [3.63, 3.8) is 0 Å². The molecule has 2 aromatic carbocycles. The topological polar surface area (TPSA) is 58.7 Å². The van der Waals surface area contributed by atoms with Gasteiger partial charge in [0.25, 0.3) is 5.56 Å². The quantitative estimate of drug-likeness (QED) is 0.526. The highest BCUT2D eigenvalue weighted by atomic mass is 32.1. The molecule has 0 radical (unpaired) electrons. The minimum absolute atomic E-state index is 0.0388. The zero-order valence-electron chi connectivity index (χ0n) is 15.1. The zero-order chi connectivity index (χ0) is 19.0. The summed E-state index contributed by atoms with van der Waals surface area (Å²) in [5.41, 5.74) is 3.45. The Labute approximate surface area is 161 Å². The number of hydrogen-bond donors (Lipinski definition) is 0. The van der Waals surface area contributed by atoms with Gasteiger partial charge in [0.05, 0.1) is 23.6 Å². The first-order valence-corrected chi connectivity index (χ1v) is 9.45. The Hall–Kier alpha value is -3.23. The number of rotatable bonds is 3. The van der Waals surface area contributed by atoms with Crippen molar-refractivity contribution in [3.05, 3.63) is 86.8 Å². The Morgan fingerprint density at radius 3 is 2.63 bits per heavy atom. The van der Waals surface area contributed by atoms with E-state index in [-0.39, 0.29) is 5.56 Å². The molecule has 4 rings (SSSR count). The zero-order valence-corrected chi connectivity index (χ0v) is 15.9. The van der Waals surface area contributed by atoms with E-state index in [2.05, 4.69) is 6.07 Å². The van der Waals surface area contributed by atoms with Crippen molar-refractivity contribution in [1.82, 2.24) is 9.55 Å². The fraction of sp³-hybridized carbons (Fsp3) is 0.136. The SMILES string of the molecule is Cc1sc2nc(C)n(Cc3cccc(C#N)c3)c(=O)c2c1-c1ccccc1. The van der Waals surface area contributed by atoms with E-state index in [1.165, 1.54) is 0 Å². The number of nitrogens with zero attached hydrogens (tertiary/aromatic N) is 3. The first kappa shape index (κ1) is 17.2. The largest absolute Gasteiger partial charge is 0.292 e. The number of hydrogen-bond acceptors (Lipinski definition) is 4. The van der Waals surface area contributed by atoms with Gasteiger partial charge in [-0.2, -0.15) is 5.26 Å². The molecule has 0 fully saturated rings. The average molecular weight is 371 g/mol. The summed E-state index contributed by atoms with van der Waals surface area (Å²) in [6.07, 6.45) is 0. The predicted octanol–water partition coefficient (Wildman–Crippen LogP) is 4.66.